The zero-order valence-electron chi connectivity index (χ0n) is 9.45. The van der Waals surface area contributed by atoms with E-state index in [1.165, 1.54) is 3.57 Å². The Morgan fingerprint density at radius 3 is 2.47 bits per heavy atom. The fraction of sp³-hybridized carbons (Fsp3) is 0.143. The maximum Gasteiger partial charge on any atom is 0.0552 e. The first-order valence-corrected chi connectivity index (χ1v) is 6.80. The molecule has 1 nitrogen and oxygen atoms in total. The summed E-state index contributed by atoms with van der Waals surface area (Å²) in [4.78, 5) is 0. The molecule has 2 rings (SSSR count). The lowest BCUT2D eigenvalue weighted by Gasteiger charge is -2.14. The number of rotatable bonds is 2. The zero-order chi connectivity index (χ0) is 12.4. The molecule has 3 heteroatoms. The molecule has 0 radical (unpaired) electrons. The second kappa shape index (κ2) is 5.38. The largest absolute Gasteiger partial charge is 0.320 e. The van der Waals surface area contributed by atoms with Gasteiger partial charge in [0.2, 0.25) is 0 Å². The third-order valence-electron chi connectivity index (χ3n) is 2.76. The van der Waals surface area contributed by atoms with Crippen molar-refractivity contribution < 1.29 is 0 Å². The number of benzene rings is 2. The summed E-state index contributed by atoms with van der Waals surface area (Å²) in [7, 11) is 0. The molecule has 0 saturated heterocycles. The molecule has 2 aromatic rings. The van der Waals surface area contributed by atoms with Gasteiger partial charge in [-0.3, -0.25) is 0 Å². The first kappa shape index (κ1) is 12.9. The molecule has 2 aromatic carbocycles. The highest BCUT2D eigenvalue weighted by atomic mass is 127. The second-order valence-corrected chi connectivity index (χ2v) is 5.69. The standard InChI is InChI=1S/C14H13ClIN/c1-9-5-6-11(8-13(9)15)14(17)10-3-2-4-12(16)7-10/h2-8,14H,17H2,1H3. The molecule has 0 aliphatic heterocycles. The number of aryl methyl sites for hydroxylation is 1. The van der Waals surface area contributed by atoms with E-state index in [9.17, 15) is 0 Å². The maximum absolute atomic E-state index is 6.24. The van der Waals surface area contributed by atoms with Crippen molar-refractivity contribution in [1.82, 2.24) is 0 Å². The van der Waals surface area contributed by atoms with Crippen molar-refractivity contribution in [3.63, 3.8) is 0 Å². The van der Waals surface area contributed by atoms with Crippen molar-refractivity contribution in [2.45, 2.75) is 13.0 Å². The number of halogens is 2. The molecular formula is C14H13ClIN. The van der Waals surface area contributed by atoms with E-state index in [1.807, 2.05) is 37.3 Å². The number of hydrogen-bond donors (Lipinski definition) is 1. The van der Waals surface area contributed by atoms with Gasteiger partial charge >= 0.3 is 0 Å². The molecule has 0 amide bonds. The summed E-state index contributed by atoms with van der Waals surface area (Å²) in [5, 5.41) is 0.767. The van der Waals surface area contributed by atoms with Gasteiger partial charge in [-0.1, -0.05) is 35.9 Å². The van der Waals surface area contributed by atoms with Gasteiger partial charge in [-0.25, -0.2) is 0 Å². The van der Waals surface area contributed by atoms with Crippen LogP contribution in [0.3, 0.4) is 0 Å². The van der Waals surface area contributed by atoms with Gasteiger partial charge in [-0.2, -0.15) is 0 Å². The van der Waals surface area contributed by atoms with E-state index in [4.69, 9.17) is 17.3 Å². The molecule has 0 aliphatic rings. The lowest BCUT2D eigenvalue weighted by molar-refractivity contribution is 0.870. The van der Waals surface area contributed by atoms with E-state index in [0.29, 0.717) is 0 Å². The van der Waals surface area contributed by atoms with Gasteiger partial charge in [0.25, 0.3) is 0 Å². The number of hydrogen-bond acceptors (Lipinski definition) is 1. The molecule has 0 heterocycles. The van der Waals surface area contributed by atoms with Crippen LogP contribution < -0.4 is 5.73 Å². The van der Waals surface area contributed by atoms with Gasteiger partial charge in [0.15, 0.2) is 0 Å². The average Bonchev–Trinajstić information content (AvgIpc) is 2.32. The van der Waals surface area contributed by atoms with Crippen molar-refractivity contribution in [3.05, 3.63) is 67.7 Å². The van der Waals surface area contributed by atoms with E-state index in [1.54, 1.807) is 0 Å². The lowest BCUT2D eigenvalue weighted by Crippen LogP contribution is -2.12. The van der Waals surface area contributed by atoms with E-state index in [0.717, 1.165) is 21.7 Å². The van der Waals surface area contributed by atoms with Crippen molar-refractivity contribution >= 4 is 34.2 Å². The fourth-order valence-corrected chi connectivity index (χ4v) is 2.45. The number of nitrogens with two attached hydrogens (primary N) is 1. The third kappa shape index (κ3) is 3.00. The summed E-state index contributed by atoms with van der Waals surface area (Å²) in [6.45, 7) is 1.99. The summed E-state index contributed by atoms with van der Waals surface area (Å²) in [5.74, 6) is 0. The second-order valence-electron chi connectivity index (χ2n) is 4.04. The minimum atomic E-state index is -0.122. The van der Waals surface area contributed by atoms with Crippen molar-refractivity contribution in [3.8, 4) is 0 Å². The quantitative estimate of drug-likeness (QED) is 0.797. The summed E-state index contributed by atoms with van der Waals surface area (Å²) < 4.78 is 1.19. The van der Waals surface area contributed by atoms with Gasteiger partial charge in [0.1, 0.15) is 0 Å². The highest BCUT2D eigenvalue weighted by Crippen LogP contribution is 2.25. The molecule has 0 bridgehead atoms. The Balaban J connectivity index is 2.36. The maximum atomic E-state index is 6.24. The minimum absolute atomic E-state index is 0.122. The molecule has 0 saturated carbocycles. The van der Waals surface area contributed by atoms with Gasteiger partial charge in [0, 0.05) is 8.59 Å². The summed E-state index contributed by atoms with van der Waals surface area (Å²) in [5.41, 5.74) is 9.47. The van der Waals surface area contributed by atoms with Crippen molar-refractivity contribution in [1.29, 1.82) is 0 Å². The fourth-order valence-electron chi connectivity index (χ4n) is 1.70. The predicted molar refractivity (Wildman–Crippen MR) is 81.4 cm³/mol. The third-order valence-corrected chi connectivity index (χ3v) is 3.84. The molecular weight excluding hydrogens is 345 g/mol. The molecule has 2 N–H and O–H groups in total. The topological polar surface area (TPSA) is 26.0 Å². The monoisotopic (exact) mass is 357 g/mol. The molecule has 0 aromatic heterocycles. The highest BCUT2D eigenvalue weighted by Gasteiger charge is 2.10. The van der Waals surface area contributed by atoms with E-state index >= 15 is 0 Å². The van der Waals surface area contributed by atoms with Crippen LogP contribution in [0.15, 0.2) is 42.5 Å². The minimum Gasteiger partial charge on any atom is -0.320 e. The normalized spacial score (nSPS) is 12.5. The molecule has 1 atom stereocenters. The van der Waals surface area contributed by atoms with Gasteiger partial charge < -0.3 is 5.73 Å². The van der Waals surface area contributed by atoms with Crippen LogP contribution in [0.4, 0.5) is 0 Å². The van der Waals surface area contributed by atoms with Crippen LogP contribution in [0, 0.1) is 10.5 Å². The van der Waals surface area contributed by atoms with Crippen LogP contribution in [-0.4, -0.2) is 0 Å². The van der Waals surface area contributed by atoms with Gasteiger partial charge in [0.05, 0.1) is 6.04 Å². The van der Waals surface area contributed by atoms with E-state index < -0.39 is 0 Å². The molecule has 17 heavy (non-hydrogen) atoms. The zero-order valence-corrected chi connectivity index (χ0v) is 12.4. The van der Waals surface area contributed by atoms with Crippen LogP contribution in [0.5, 0.6) is 0 Å². The van der Waals surface area contributed by atoms with Crippen LogP contribution in [0.25, 0.3) is 0 Å². The van der Waals surface area contributed by atoms with Crippen LogP contribution in [0.1, 0.15) is 22.7 Å². The van der Waals surface area contributed by atoms with Crippen LogP contribution in [-0.2, 0) is 0 Å². The first-order chi connectivity index (χ1) is 8.08. The molecule has 1 unspecified atom stereocenters. The van der Waals surface area contributed by atoms with Crippen molar-refractivity contribution in [2.24, 2.45) is 5.73 Å². The first-order valence-electron chi connectivity index (χ1n) is 5.35. The highest BCUT2D eigenvalue weighted by molar-refractivity contribution is 14.1. The van der Waals surface area contributed by atoms with Gasteiger partial charge in [-0.05, 0) is 64.4 Å². The Kier molecular flexibility index (Phi) is 4.07. The Bertz CT molecular complexity index is 539. The smallest absolute Gasteiger partial charge is 0.0552 e. The Hall–Kier alpha value is -0.580. The predicted octanol–water partition coefficient (Wildman–Crippen LogP) is 4.30. The Morgan fingerprint density at radius 1 is 1.12 bits per heavy atom. The molecule has 0 aliphatic carbocycles. The van der Waals surface area contributed by atoms with E-state index in [2.05, 4.69) is 34.7 Å². The molecule has 88 valence electrons. The van der Waals surface area contributed by atoms with E-state index in [-0.39, 0.29) is 6.04 Å². The lowest BCUT2D eigenvalue weighted by atomic mass is 9.99. The summed E-state index contributed by atoms with van der Waals surface area (Å²) >= 11 is 8.41. The Labute approximate surface area is 120 Å². The molecule has 0 fully saturated rings. The SMILES string of the molecule is Cc1ccc(C(N)c2cccc(I)c2)cc1Cl. The molecule has 0 spiro atoms. The Morgan fingerprint density at radius 2 is 1.82 bits per heavy atom. The van der Waals surface area contributed by atoms with Crippen molar-refractivity contribution in [2.75, 3.05) is 0 Å². The average molecular weight is 358 g/mol. The summed E-state index contributed by atoms with van der Waals surface area (Å²) in [6, 6.07) is 14.1. The van der Waals surface area contributed by atoms with Gasteiger partial charge in [-0.15, -0.1) is 0 Å². The summed E-state index contributed by atoms with van der Waals surface area (Å²) in [6.07, 6.45) is 0. The van der Waals surface area contributed by atoms with Crippen LogP contribution >= 0.6 is 34.2 Å². The van der Waals surface area contributed by atoms with Crippen LogP contribution in [0.2, 0.25) is 5.02 Å².